The van der Waals surface area contributed by atoms with Gasteiger partial charge in [0.15, 0.2) is 0 Å². The minimum absolute atomic E-state index is 0.147. The van der Waals surface area contributed by atoms with Crippen LogP contribution < -0.4 is 0 Å². The number of aromatic nitrogens is 1. The number of hydrogen-bond acceptors (Lipinski definition) is 3. The Labute approximate surface area is 160 Å². The molecule has 4 fully saturated rings. The third kappa shape index (κ3) is 2.98. The van der Waals surface area contributed by atoms with Crippen molar-refractivity contribution in [3.63, 3.8) is 0 Å². The van der Waals surface area contributed by atoms with E-state index in [2.05, 4.69) is 20.9 Å². The molecule has 0 aliphatic carbocycles. The largest absolute Gasteiger partial charge is 0.334 e. The second-order valence-electron chi connectivity index (χ2n) is 7.98. The summed E-state index contributed by atoms with van der Waals surface area (Å²) in [7, 11) is 0. The fourth-order valence-corrected chi connectivity index (χ4v) is 5.39. The number of rotatable bonds is 3. The molecule has 2 bridgehead atoms. The Morgan fingerprint density at radius 1 is 1.04 bits per heavy atom. The molecular weight excluding hydrogens is 334 g/mol. The number of hydrogen-bond donors (Lipinski definition) is 0. The Bertz CT molecular complexity index is 827. The highest BCUT2D eigenvalue weighted by atomic mass is 16.2. The summed E-state index contributed by atoms with van der Waals surface area (Å²) < 4.78 is 0. The van der Waals surface area contributed by atoms with Gasteiger partial charge in [0.25, 0.3) is 0 Å². The van der Waals surface area contributed by atoms with Crippen LogP contribution in [-0.2, 0) is 4.79 Å². The summed E-state index contributed by atoms with van der Waals surface area (Å²) in [4.78, 5) is 22.2. The Morgan fingerprint density at radius 3 is 2.59 bits per heavy atom. The zero-order chi connectivity index (χ0) is 18.2. The van der Waals surface area contributed by atoms with Gasteiger partial charge in [-0.25, -0.2) is 0 Å². The molecule has 3 unspecified atom stereocenters. The third-order valence-corrected chi connectivity index (χ3v) is 6.61. The van der Waals surface area contributed by atoms with Gasteiger partial charge in [-0.3, -0.25) is 14.7 Å². The van der Waals surface area contributed by atoms with Gasteiger partial charge in [0.2, 0.25) is 5.91 Å². The summed E-state index contributed by atoms with van der Waals surface area (Å²) in [6.45, 7) is 3.14. The van der Waals surface area contributed by atoms with Crippen LogP contribution in [0.3, 0.4) is 0 Å². The summed E-state index contributed by atoms with van der Waals surface area (Å²) in [6.07, 6.45) is 9.94. The molecule has 0 N–H and O–H groups in total. The highest BCUT2D eigenvalue weighted by Crippen LogP contribution is 2.46. The first-order valence-corrected chi connectivity index (χ1v) is 9.99. The molecule has 0 spiro atoms. The Morgan fingerprint density at radius 2 is 1.85 bits per heavy atom. The van der Waals surface area contributed by atoms with Crippen molar-refractivity contribution in [2.45, 2.75) is 30.8 Å². The van der Waals surface area contributed by atoms with Crippen molar-refractivity contribution < 1.29 is 4.79 Å². The van der Waals surface area contributed by atoms with E-state index in [0.29, 0.717) is 23.9 Å². The molecule has 1 aromatic heterocycles. The van der Waals surface area contributed by atoms with E-state index in [1.807, 2.05) is 54.9 Å². The standard InChI is InChI=1S/C23H25N3O/c27-21(9-8-17-5-2-1-3-6-17)26-16-20(19-7-4-12-24-15-19)23-22(26)18-10-13-25(23)14-11-18/h1-9,12,15,18,20,22-23H,10-11,13-14,16H2/b9-8+. The minimum Gasteiger partial charge on any atom is -0.334 e. The van der Waals surface area contributed by atoms with Crippen LogP contribution in [0.15, 0.2) is 60.9 Å². The number of amides is 1. The topological polar surface area (TPSA) is 36.4 Å². The van der Waals surface area contributed by atoms with Crippen LogP contribution in [0.1, 0.15) is 29.9 Å². The molecule has 138 valence electrons. The van der Waals surface area contributed by atoms with Crippen molar-refractivity contribution in [2.75, 3.05) is 19.6 Å². The summed E-state index contributed by atoms with van der Waals surface area (Å²) in [5.74, 6) is 1.14. The molecule has 0 radical (unpaired) electrons. The molecule has 4 aliphatic heterocycles. The van der Waals surface area contributed by atoms with Crippen LogP contribution in [0.5, 0.6) is 0 Å². The Hall–Kier alpha value is -2.46. The first-order valence-electron chi connectivity index (χ1n) is 9.99. The molecule has 4 heteroatoms. The van der Waals surface area contributed by atoms with Crippen LogP contribution in [0.2, 0.25) is 0 Å². The minimum atomic E-state index is 0.147. The average molecular weight is 359 g/mol. The van der Waals surface area contributed by atoms with Crippen molar-refractivity contribution in [3.8, 4) is 0 Å². The normalized spacial score (nSPS) is 32.0. The van der Waals surface area contributed by atoms with Crippen molar-refractivity contribution in [1.29, 1.82) is 0 Å². The van der Waals surface area contributed by atoms with Gasteiger partial charge in [-0.2, -0.15) is 0 Å². The predicted octanol–water partition coefficient (Wildman–Crippen LogP) is 3.18. The first-order chi connectivity index (χ1) is 13.3. The molecule has 1 amide bonds. The maximum absolute atomic E-state index is 13.1. The van der Waals surface area contributed by atoms with Crippen LogP contribution in [-0.4, -0.2) is 52.4 Å². The van der Waals surface area contributed by atoms with E-state index in [0.717, 1.165) is 12.1 Å². The lowest BCUT2D eigenvalue weighted by atomic mass is 9.75. The number of carbonyl (C=O) groups excluding carboxylic acids is 1. The number of fused-ring (bicyclic) bond motifs is 2. The number of likely N-dealkylation sites (tertiary alicyclic amines) is 1. The molecule has 0 saturated carbocycles. The summed E-state index contributed by atoms with van der Waals surface area (Å²) in [5, 5.41) is 0. The fourth-order valence-electron chi connectivity index (χ4n) is 5.39. The van der Waals surface area contributed by atoms with E-state index >= 15 is 0 Å². The van der Waals surface area contributed by atoms with Gasteiger partial charge in [-0.15, -0.1) is 0 Å². The molecular formula is C23H25N3O. The van der Waals surface area contributed by atoms with Gasteiger partial charge in [0.1, 0.15) is 0 Å². The summed E-state index contributed by atoms with van der Waals surface area (Å²) in [6, 6.07) is 15.0. The van der Waals surface area contributed by atoms with Crippen LogP contribution in [0.4, 0.5) is 0 Å². The molecule has 4 aliphatic rings. The highest BCUT2D eigenvalue weighted by molar-refractivity contribution is 5.92. The fraction of sp³-hybridized carbons (Fsp3) is 0.391. The van der Waals surface area contributed by atoms with E-state index in [1.165, 1.54) is 31.5 Å². The lowest BCUT2D eigenvalue weighted by Crippen LogP contribution is -2.60. The second kappa shape index (κ2) is 6.93. The van der Waals surface area contributed by atoms with Gasteiger partial charge >= 0.3 is 0 Å². The van der Waals surface area contributed by atoms with Gasteiger partial charge < -0.3 is 4.90 Å². The van der Waals surface area contributed by atoms with E-state index in [1.54, 1.807) is 6.08 Å². The smallest absolute Gasteiger partial charge is 0.246 e. The predicted molar refractivity (Wildman–Crippen MR) is 106 cm³/mol. The van der Waals surface area contributed by atoms with Crippen LogP contribution in [0, 0.1) is 5.92 Å². The molecule has 3 atom stereocenters. The maximum Gasteiger partial charge on any atom is 0.246 e. The van der Waals surface area contributed by atoms with Crippen molar-refractivity contribution >= 4 is 12.0 Å². The molecule has 6 rings (SSSR count). The van der Waals surface area contributed by atoms with E-state index in [-0.39, 0.29) is 5.91 Å². The quantitative estimate of drug-likeness (QED) is 0.790. The molecule has 1 aromatic carbocycles. The van der Waals surface area contributed by atoms with Gasteiger partial charge in [0, 0.05) is 37.0 Å². The SMILES string of the molecule is O=C(/C=C/c1ccccc1)N1CC(c2cccnc2)C2C1C1CCN2CC1. The van der Waals surface area contributed by atoms with E-state index in [4.69, 9.17) is 0 Å². The van der Waals surface area contributed by atoms with Crippen molar-refractivity contribution in [3.05, 3.63) is 72.1 Å². The zero-order valence-corrected chi connectivity index (χ0v) is 15.4. The number of pyridine rings is 1. The lowest BCUT2D eigenvalue weighted by molar-refractivity contribution is -0.130. The van der Waals surface area contributed by atoms with Crippen LogP contribution >= 0.6 is 0 Å². The molecule has 5 heterocycles. The average Bonchev–Trinajstić information content (AvgIpc) is 3.17. The van der Waals surface area contributed by atoms with Crippen molar-refractivity contribution in [1.82, 2.24) is 14.8 Å². The number of piperidine rings is 3. The zero-order valence-electron chi connectivity index (χ0n) is 15.4. The Balaban J connectivity index is 1.44. The first kappa shape index (κ1) is 16.7. The second-order valence-corrected chi connectivity index (χ2v) is 7.98. The van der Waals surface area contributed by atoms with Gasteiger partial charge in [0.05, 0.1) is 6.04 Å². The van der Waals surface area contributed by atoms with Gasteiger partial charge in [-0.1, -0.05) is 36.4 Å². The summed E-state index contributed by atoms with van der Waals surface area (Å²) in [5.41, 5.74) is 2.33. The lowest BCUT2D eigenvalue weighted by Gasteiger charge is -2.51. The molecule has 4 saturated heterocycles. The van der Waals surface area contributed by atoms with Gasteiger partial charge in [-0.05, 0) is 55.1 Å². The molecule has 2 aromatic rings. The third-order valence-electron chi connectivity index (χ3n) is 6.61. The van der Waals surface area contributed by atoms with E-state index in [9.17, 15) is 4.79 Å². The molecule has 4 nitrogen and oxygen atoms in total. The summed E-state index contributed by atoms with van der Waals surface area (Å²) >= 11 is 0. The number of benzene rings is 1. The van der Waals surface area contributed by atoms with Crippen molar-refractivity contribution in [2.24, 2.45) is 5.92 Å². The van der Waals surface area contributed by atoms with E-state index < -0.39 is 0 Å². The number of nitrogens with zero attached hydrogens (tertiary/aromatic N) is 3. The number of carbonyl (C=O) groups is 1. The maximum atomic E-state index is 13.1. The highest BCUT2D eigenvalue weighted by Gasteiger charge is 2.54. The molecule has 27 heavy (non-hydrogen) atoms. The monoisotopic (exact) mass is 359 g/mol. The van der Waals surface area contributed by atoms with Crippen LogP contribution in [0.25, 0.3) is 6.08 Å². The Kier molecular flexibility index (Phi) is 4.29.